The minimum atomic E-state index is 0.231. The molecule has 1 fully saturated rings. The monoisotopic (exact) mass is 343 g/mol. The quantitative estimate of drug-likeness (QED) is 0.831. The minimum Gasteiger partial charge on any atom is -0.339 e. The summed E-state index contributed by atoms with van der Waals surface area (Å²) in [6.07, 6.45) is 7.64. The molecule has 0 radical (unpaired) electrons. The summed E-state index contributed by atoms with van der Waals surface area (Å²) in [5.41, 5.74) is 2.07. The van der Waals surface area contributed by atoms with E-state index in [-0.39, 0.29) is 5.91 Å². The summed E-state index contributed by atoms with van der Waals surface area (Å²) in [7, 11) is 0. The highest BCUT2D eigenvalue weighted by Crippen LogP contribution is 2.23. The molecule has 0 saturated carbocycles. The maximum Gasteiger partial charge on any atom is 0.228 e. The van der Waals surface area contributed by atoms with Gasteiger partial charge in [0.05, 0.1) is 17.1 Å². The number of carbonyl (C=O) groups is 1. The lowest BCUT2D eigenvalue weighted by molar-refractivity contribution is -0.134. The zero-order valence-electron chi connectivity index (χ0n) is 14.5. The largest absolute Gasteiger partial charge is 0.339 e. The van der Waals surface area contributed by atoms with Crippen LogP contribution < -0.4 is 0 Å². The molecule has 0 spiro atoms. The summed E-state index contributed by atoms with van der Waals surface area (Å²) < 4.78 is 0. The molecule has 2 aromatic rings. The molecule has 0 bridgehead atoms. The van der Waals surface area contributed by atoms with Crippen molar-refractivity contribution >= 4 is 17.2 Å². The fourth-order valence-electron chi connectivity index (χ4n) is 3.47. The Morgan fingerprint density at radius 1 is 1.33 bits per heavy atom. The molecule has 0 aliphatic carbocycles. The average Bonchev–Trinajstić information content (AvgIpc) is 2.91. The van der Waals surface area contributed by atoms with E-state index in [4.69, 9.17) is 0 Å². The molecule has 5 heteroatoms. The topological polar surface area (TPSA) is 46.1 Å². The van der Waals surface area contributed by atoms with Gasteiger partial charge in [-0.1, -0.05) is 6.07 Å². The number of piperidine rings is 1. The number of aromatic nitrogens is 2. The lowest BCUT2D eigenvalue weighted by atomic mass is 9.96. The normalized spacial score (nSPS) is 17.9. The van der Waals surface area contributed by atoms with Crippen LogP contribution in [-0.4, -0.2) is 33.4 Å². The standard InChI is InChI=1S/C19H25N3OS/c1-14-18(21-15(2)24-14)13-19(23)22-12-6-4-8-17(22)10-9-16-7-3-5-11-20-16/h3,5,7,11,17H,4,6,8-10,12-13H2,1-2H3. The molecule has 1 amide bonds. The zero-order chi connectivity index (χ0) is 16.9. The van der Waals surface area contributed by atoms with Crippen LogP contribution in [0.2, 0.25) is 0 Å². The van der Waals surface area contributed by atoms with E-state index in [0.29, 0.717) is 12.5 Å². The van der Waals surface area contributed by atoms with E-state index in [1.54, 1.807) is 11.3 Å². The highest BCUT2D eigenvalue weighted by molar-refractivity contribution is 7.11. The van der Waals surface area contributed by atoms with Crippen LogP contribution in [0.5, 0.6) is 0 Å². The van der Waals surface area contributed by atoms with E-state index in [2.05, 4.69) is 27.9 Å². The maximum atomic E-state index is 12.8. The van der Waals surface area contributed by atoms with E-state index in [1.807, 2.05) is 25.3 Å². The number of rotatable bonds is 5. The van der Waals surface area contributed by atoms with Crippen LogP contribution >= 0.6 is 11.3 Å². The van der Waals surface area contributed by atoms with Gasteiger partial charge in [-0.15, -0.1) is 11.3 Å². The van der Waals surface area contributed by atoms with Gasteiger partial charge in [0.25, 0.3) is 0 Å². The minimum absolute atomic E-state index is 0.231. The smallest absolute Gasteiger partial charge is 0.228 e. The molecule has 0 N–H and O–H groups in total. The Hall–Kier alpha value is -1.75. The van der Waals surface area contributed by atoms with Gasteiger partial charge in [-0.25, -0.2) is 4.98 Å². The van der Waals surface area contributed by atoms with Crippen LogP contribution in [0.3, 0.4) is 0 Å². The first kappa shape index (κ1) is 17.1. The van der Waals surface area contributed by atoms with Gasteiger partial charge in [-0.3, -0.25) is 9.78 Å². The van der Waals surface area contributed by atoms with E-state index >= 15 is 0 Å². The molecule has 1 unspecified atom stereocenters. The molecule has 0 aromatic carbocycles. The molecule has 128 valence electrons. The van der Waals surface area contributed by atoms with Gasteiger partial charge >= 0.3 is 0 Å². The zero-order valence-corrected chi connectivity index (χ0v) is 15.3. The molecular weight excluding hydrogens is 318 g/mol. The second kappa shape index (κ2) is 7.88. The number of carbonyl (C=O) groups excluding carboxylic acids is 1. The summed E-state index contributed by atoms with van der Waals surface area (Å²) in [6, 6.07) is 6.38. The van der Waals surface area contributed by atoms with Gasteiger partial charge < -0.3 is 4.90 Å². The Morgan fingerprint density at radius 2 is 2.21 bits per heavy atom. The van der Waals surface area contributed by atoms with Gasteiger partial charge in [-0.05, 0) is 58.1 Å². The molecule has 4 nitrogen and oxygen atoms in total. The van der Waals surface area contributed by atoms with Gasteiger partial charge in [0, 0.05) is 29.4 Å². The number of nitrogens with zero attached hydrogens (tertiary/aromatic N) is 3. The molecule has 1 saturated heterocycles. The fourth-order valence-corrected chi connectivity index (χ4v) is 4.30. The Morgan fingerprint density at radius 3 is 2.92 bits per heavy atom. The van der Waals surface area contributed by atoms with Crippen molar-refractivity contribution in [3.63, 3.8) is 0 Å². The number of amides is 1. The summed E-state index contributed by atoms with van der Waals surface area (Å²) in [6.45, 7) is 4.94. The van der Waals surface area contributed by atoms with Crippen molar-refractivity contribution in [1.29, 1.82) is 0 Å². The van der Waals surface area contributed by atoms with Crippen molar-refractivity contribution in [1.82, 2.24) is 14.9 Å². The first-order valence-corrected chi connectivity index (χ1v) is 9.57. The van der Waals surface area contributed by atoms with E-state index in [9.17, 15) is 4.79 Å². The first-order chi connectivity index (χ1) is 11.6. The number of pyridine rings is 1. The van der Waals surface area contributed by atoms with Gasteiger partial charge in [0.15, 0.2) is 0 Å². The van der Waals surface area contributed by atoms with Gasteiger partial charge in [0.1, 0.15) is 0 Å². The van der Waals surface area contributed by atoms with Crippen molar-refractivity contribution in [3.8, 4) is 0 Å². The van der Waals surface area contributed by atoms with Crippen LogP contribution in [0, 0.1) is 13.8 Å². The molecular formula is C19H25N3OS. The van der Waals surface area contributed by atoms with E-state index in [1.165, 1.54) is 11.3 Å². The van der Waals surface area contributed by atoms with Crippen LogP contribution in [-0.2, 0) is 17.6 Å². The lowest BCUT2D eigenvalue weighted by Crippen LogP contribution is -2.44. The summed E-state index contributed by atoms with van der Waals surface area (Å²) >= 11 is 1.68. The Balaban J connectivity index is 1.63. The van der Waals surface area contributed by atoms with Crippen molar-refractivity contribution in [3.05, 3.63) is 45.7 Å². The summed E-state index contributed by atoms with van der Waals surface area (Å²) in [4.78, 5) is 25.0. The fraction of sp³-hybridized carbons (Fsp3) is 0.526. The van der Waals surface area contributed by atoms with Crippen molar-refractivity contribution in [2.45, 2.75) is 58.4 Å². The average molecular weight is 343 g/mol. The lowest BCUT2D eigenvalue weighted by Gasteiger charge is -2.36. The number of likely N-dealkylation sites (tertiary alicyclic amines) is 1. The van der Waals surface area contributed by atoms with Gasteiger partial charge in [-0.2, -0.15) is 0 Å². The van der Waals surface area contributed by atoms with Crippen LogP contribution in [0.25, 0.3) is 0 Å². The van der Waals surface area contributed by atoms with Crippen LogP contribution in [0.15, 0.2) is 24.4 Å². The second-order valence-corrected chi connectivity index (χ2v) is 7.92. The summed E-state index contributed by atoms with van der Waals surface area (Å²) in [5, 5.41) is 1.04. The molecule has 24 heavy (non-hydrogen) atoms. The second-order valence-electron chi connectivity index (χ2n) is 6.51. The molecule has 1 atom stereocenters. The summed E-state index contributed by atoms with van der Waals surface area (Å²) in [5.74, 6) is 0.231. The third kappa shape index (κ3) is 4.20. The molecule has 1 aliphatic rings. The Labute approximate surface area is 147 Å². The van der Waals surface area contributed by atoms with Crippen molar-refractivity contribution < 1.29 is 4.79 Å². The van der Waals surface area contributed by atoms with Crippen molar-refractivity contribution in [2.24, 2.45) is 0 Å². The highest BCUT2D eigenvalue weighted by atomic mass is 32.1. The predicted octanol–water partition coefficient (Wildman–Crippen LogP) is 3.71. The van der Waals surface area contributed by atoms with Gasteiger partial charge in [0.2, 0.25) is 5.91 Å². The number of thiazole rings is 1. The van der Waals surface area contributed by atoms with E-state index in [0.717, 1.165) is 48.6 Å². The number of aryl methyl sites for hydroxylation is 3. The molecule has 3 heterocycles. The number of hydrogen-bond donors (Lipinski definition) is 0. The maximum absolute atomic E-state index is 12.8. The number of hydrogen-bond acceptors (Lipinski definition) is 4. The molecule has 3 rings (SSSR count). The SMILES string of the molecule is Cc1nc(CC(=O)N2CCCCC2CCc2ccccn2)c(C)s1. The molecule has 1 aliphatic heterocycles. The van der Waals surface area contributed by atoms with Crippen LogP contribution in [0.1, 0.15) is 47.0 Å². The Bertz CT molecular complexity index is 683. The van der Waals surface area contributed by atoms with E-state index < -0.39 is 0 Å². The third-order valence-corrected chi connectivity index (χ3v) is 5.65. The molecule has 2 aromatic heterocycles. The van der Waals surface area contributed by atoms with Crippen molar-refractivity contribution in [2.75, 3.05) is 6.54 Å². The Kier molecular flexibility index (Phi) is 5.61. The predicted molar refractivity (Wildman–Crippen MR) is 97.2 cm³/mol. The highest BCUT2D eigenvalue weighted by Gasteiger charge is 2.27. The first-order valence-electron chi connectivity index (χ1n) is 8.76. The van der Waals surface area contributed by atoms with Crippen LogP contribution in [0.4, 0.5) is 0 Å². The third-order valence-electron chi connectivity index (χ3n) is 4.73.